The summed E-state index contributed by atoms with van der Waals surface area (Å²) in [5, 5.41) is 0. The lowest BCUT2D eigenvalue weighted by molar-refractivity contribution is -0.143. The highest BCUT2D eigenvalue weighted by Crippen LogP contribution is 2.17. The van der Waals surface area contributed by atoms with Crippen LogP contribution in [0.3, 0.4) is 0 Å². The second-order valence-corrected chi connectivity index (χ2v) is 5.84. The summed E-state index contributed by atoms with van der Waals surface area (Å²) in [5.74, 6) is -0.463. The quantitative estimate of drug-likeness (QED) is 0.605. The summed E-state index contributed by atoms with van der Waals surface area (Å²) in [4.78, 5) is 11.2. The molecule has 0 amide bonds. The molecule has 0 fully saturated rings. The van der Waals surface area contributed by atoms with E-state index in [9.17, 15) is 4.79 Å². The Bertz CT molecular complexity index is 233. The molecule has 0 saturated carbocycles. The van der Waals surface area contributed by atoms with Crippen LogP contribution in [0.1, 0.15) is 40.5 Å². The molecule has 2 N–H and O–H groups in total. The van der Waals surface area contributed by atoms with Crippen LogP contribution in [0, 0.1) is 0 Å². The van der Waals surface area contributed by atoms with Crippen molar-refractivity contribution in [2.75, 3.05) is 19.8 Å². The SMILES string of the molecule is CCO[Si](OCC)(OC(C)=O)OC(C)CCCN. The van der Waals surface area contributed by atoms with Gasteiger partial charge in [-0.25, -0.2) is 0 Å². The van der Waals surface area contributed by atoms with E-state index in [1.165, 1.54) is 6.92 Å². The Hall–Kier alpha value is -0.473. The van der Waals surface area contributed by atoms with Crippen molar-refractivity contribution in [1.29, 1.82) is 0 Å². The molecule has 0 aromatic carbocycles. The zero-order valence-corrected chi connectivity index (χ0v) is 12.7. The van der Waals surface area contributed by atoms with Crippen LogP contribution in [0.2, 0.25) is 0 Å². The van der Waals surface area contributed by atoms with Crippen LogP contribution >= 0.6 is 0 Å². The van der Waals surface area contributed by atoms with Crippen molar-refractivity contribution in [3.8, 4) is 0 Å². The third-order valence-electron chi connectivity index (χ3n) is 2.07. The number of hydrogen-bond donors (Lipinski definition) is 1. The van der Waals surface area contributed by atoms with Crippen molar-refractivity contribution in [1.82, 2.24) is 0 Å². The van der Waals surface area contributed by atoms with E-state index >= 15 is 0 Å². The fourth-order valence-corrected chi connectivity index (χ4v) is 3.49. The molecule has 1 unspecified atom stereocenters. The molecule has 6 nitrogen and oxygen atoms in total. The third kappa shape index (κ3) is 7.07. The van der Waals surface area contributed by atoms with Crippen molar-refractivity contribution >= 4 is 15.0 Å². The smallest absolute Gasteiger partial charge is 0.452 e. The van der Waals surface area contributed by atoms with Crippen LogP contribution in [-0.4, -0.2) is 40.9 Å². The first-order valence-corrected chi connectivity index (χ1v) is 7.98. The normalized spacial score (nSPS) is 13.4. The molecule has 0 radical (unpaired) electrons. The van der Waals surface area contributed by atoms with Gasteiger partial charge in [0.2, 0.25) is 0 Å². The topological polar surface area (TPSA) is 80.0 Å². The van der Waals surface area contributed by atoms with Crippen LogP contribution in [-0.2, 0) is 22.5 Å². The molecular formula is C11H25NO5Si. The van der Waals surface area contributed by atoms with E-state index in [4.69, 9.17) is 23.4 Å². The van der Waals surface area contributed by atoms with Crippen LogP contribution < -0.4 is 5.73 Å². The fourth-order valence-electron chi connectivity index (χ4n) is 1.43. The first-order chi connectivity index (χ1) is 8.49. The van der Waals surface area contributed by atoms with E-state index in [2.05, 4.69) is 0 Å². The number of nitrogens with two attached hydrogens (primary N) is 1. The van der Waals surface area contributed by atoms with Gasteiger partial charge in [0.1, 0.15) is 0 Å². The zero-order chi connectivity index (χ0) is 14.0. The van der Waals surface area contributed by atoms with Crippen LogP contribution in [0.25, 0.3) is 0 Å². The number of carbonyl (C=O) groups excluding carboxylic acids is 1. The summed E-state index contributed by atoms with van der Waals surface area (Å²) in [6, 6.07) is 0. The molecule has 18 heavy (non-hydrogen) atoms. The maximum absolute atomic E-state index is 11.2. The monoisotopic (exact) mass is 279 g/mol. The van der Waals surface area contributed by atoms with Gasteiger partial charge in [-0.1, -0.05) is 0 Å². The lowest BCUT2D eigenvalue weighted by atomic mass is 10.2. The molecule has 0 aliphatic heterocycles. The van der Waals surface area contributed by atoms with E-state index < -0.39 is 15.0 Å². The third-order valence-corrected chi connectivity index (χ3v) is 4.58. The summed E-state index contributed by atoms with van der Waals surface area (Å²) in [6.45, 7) is 8.13. The van der Waals surface area contributed by atoms with Gasteiger partial charge in [-0.2, -0.15) is 0 Å². The molecule has 0 aromatic heterocycles. The highest BCUT2D eigenvalue weighted by Gasteiger charge is 2.50. The molecule has 7 heteroatoms. The molecule has 0 rings (SSSR count). The van der Waals surface area contributed by atoms with E-state index in [1.54, 1.807) is 13.8 Å². The highest BCUT2D eigenvalue weighted by molar-refractivity contribution is 6.55. The van der Waals surface area contributed by atoms with Gasteiger partial charge in [-0.3, -0.25) is 4.79 Å². The molecule has 0 spiro atoms. The van der Waals surface area contributed by atoms with Crippen LogP contribution in [0.4, 0.5) is 0 Å². The first kappa shape index (κ1) is 17.5. The van der Waals surface area contributed by atoms with Crippen molar-refractivity contribution in [3.05, 3.63) is 0 Å². The molecule has 108 valence electrons. The second kappa shape index (κ2) is 9.46. The Balaban J connectivity index is 4.63. The zero-order valence-electron chi connectivity index (χ0n) is 11.7. The van der Waals surface area contributed by atoms with Gasteiger partial charge in [0.05, 0.1) is 6.10 Å². The lowest BCUT2D eigenvalue weighted by Crippen LogP contribution is -2.52. The van der Waals surface area contributed by atoms with Gasteiger partial charge >= 0.3 is 9.05 Å². The Morgan fingerprint density at radius 3 is 2.22 bits per heavy atom. The summed E-state index contributed by atoms with van der Waals surface area (Å²) < 4.78 is 21.8. The maximum atomic E-state index is 11.2. The first-order valence-electron chi connectivity index (χ1n) is 6.35. The summed E-state index contributed by atoms with van der Waals surface area (Å²) >= 11 is 0. The van der Waals surface area contributed by atoms with Gasteiger partial charge in [0.25, 0.3) is 5.97 Å². The lowest BCUT2D eigenvalue weighted by Gasteiger charge is -2.28. The Kier molecular flexibility index (Phi) is 9.21. The molecule has 0 aliphatic carbocycles. The maximum Gasteiger partial charge on any atom is 0.751 e. The predicted octanol–water partition coefficient (Wildman–Crippen LogP) is 1.20. The number of hydrogen-bond acceptors (Lipinski definition) is 6. The minimum absolute atomic E-state index is 0.127. The number of rotatable bonds is 10. The highest BCUT2D eigenvalue weighted by atomic mass is 28.4. The second-order valence-electron chi connectivity index (χ2n) is 3.82. The predicted molar refractivity (Wildman–Crippen MR) is 69.6 cm³/mol. The van der Waals surface area contributed by atoms with Gasteiger partial charge in [-0.05, 0) is 40.2 Å². The summed E-state index contributed by atoms with van der Waals surface area (Å²) in [7, 11) is -3.36. The molecule has 0 bridgehead atoms. The molecule has 0 aromatic rings. The largest absolute Gasteiger partial charge is 0.751 e. The molecule has 1 atom stereocenters. The van der Waals surface area contributed by atoms with E-state index in [0.29, 0.717) is 19.8 Å². The molecule has 0 aliphatic rings. The van der Waals surface area contributed by atoms with Crippen LogP contribution in [0.15, 0.2) is 0 Å². The minimum atomic E-state index is -3.36. The molecule has 0 saturated heterocycles. The Morgan fingerprint density at radius 1 is 1.28 bits per heavy atom. The summed E-state index contributed by atoms with van der Waals surface area (Å²) in [5.41, 5.74) is 5.45. The average Bonchev–Trinajstić information content (AvgIpc) is 2.26. The van der Waals surface area contributed by atoms with Crippen LogP contribution in [0.5, 0.6) is 0 Å². The minimum Gasteiger partial charge on any atom is -0.452 e. The number of carbonyl (C=O) groups is 1. The summed E-state index contributed by atoms with van der Waals surface area (Å²) in [6.07, 6.45) is 1.48. The fraction of sp³-hybridized carbons (Fsp3) is 0.909. The van der Waals surface area contributed by atoms with E-state index in [1.807, 2.05) is 6.92 Å². The van der Waals surface area contributed by atoms with Gasteiger partial charge < -0.3 is 23.4 Å². The molecular weight excluding hydrogens is 254 g/mol. The Morgan fingerprint density at radius 2 is 1.83 bits per heavy atom. The van der Waals surface area contributed by atoms with E-state index in [0.717, 1.165) is 12.8 Å². The van der Waals surface area contributed by atoms with Gasteiger partial charge in [0.15, 0.2) is 0 Å². The van der Waals surface area contributed by atoms with Gasteiger partial charge in [-0.15, -0.1) is 0 Å². The standard InChI is InChI=1S/C11H25NO5Si/c1-5-14-18(15-6-2,17-11(4)13)16-10(3)8-7-9-12/h10H,5-9,12H2,1-4H3. The average molecular weight is 279 g/mol. The van der Waals surface area contributed by atoms with E-state index in [-0.39, 0.29) is 6.10 Å². The molecule has 0 heterocycles. The van der Waals surface area contributed by atoms with Crippen molar-refractivity contribution in [2.45, 2.75) is 46.6 Å². The van der Waals surface area contributed by atoms with Crippen molar-refractivity contribution in [3.63, 3.8) is 0 Å². The Labute approximate surface area is 110 Å². The van der Waals surface area contributed by atoms with Gasteiger partial charge in [0, 0.05) is 20.1 Å². The van der Waals surface area contributed by atoms with Crippen molar-refractivity contribution < 1.29 is 22.5 Å². The van der Waals surface area contributed by atoms with Crippen molar-refractivity contribution in [2.24, 2.45) is 5.73 Å².